The van der Waals surface area contributed by atoms with Crippen molar-refractivity contribution in [3.05, 3.63) is 41.3 Å². The summed E-state index contributed by atoms with van der Waals surface area (Å²) in [5, 5.41) is 1.14. The van der Waals surface area contributed by atoms with Crippen LogP contribution in [0.3, 0.4) is 0 Å². The highest BCUT2D eigenvalue weighted by Crippen LogP contribution is 2.24. The van der Waals surface area contributed by atoms with Crippen LogP contribution in [-0.4, -0.2) is 50.9 Å². The van der Waals surface area contributed by atoms with Crippen LogP contribution in [0, 0.1) is 5.92 Å². The van der Waals surface area contributed by atoms with Crippen molar-refractivity contribution in [2.24, 2.45) is 5.92 Å². The van der Waals surface area contributed by atoms with Crippen LogP contribution in [0.2, 0.25) is 0 Å². The summed E-state index contributed by atoms with van der Waals surface area (Å²) in [5.41, 5.74) is 0.800. The highest BCUT2D eigenvalue weighted by molar-refractivity contribution is 7.98. The Morgan fingerprint density at radius 2 is 1.93 bits per heavy atom. The van der Waals surface area contributed by atoms with Gasteiger partial charge in [-0.15, -0.1) is 0 Å². The zero-order chi connectivity index (χ0) is 20.4. The van der Waals surface area contributed by atoms with E-state index in [-0.39, 0.29) is 5.91 Å². The summed E-state index contributed by atoms with van der Waals surface area (Å²) < 4.78 is 27.6. The summed E-state index contributed by atoms with van der Waals surface area (Å²) >= 11 is 1.61. The van der Waals surface area contributed by atoms with E-state index < -0.39 is 16.1 Å². The molecule has 28 heavy (non-hydrogen) atoms. The van der Waals surface area contributed by atoms with Gasteiger partial charge in [-0.2, -0.15) is 16.5 Å². The molecule has 0 spiro atoms. The fourth-order valence-corrected chi connectivity index (χ4v) is 5.05. The van der Waals surface area contributed by atoms with Crippen molar-refractivity contribution in [2.75, 3.05) is 25.6 Å². The van der Waals surface area contributed by atoms with Crippen LogP contribution in [-0.2, 0) is 14.8 Å². The van der Waals surface area contributed by atoms with Gasteiger partial charge in [-0.25, -0.2) is 8.42 Å². The lowest BCUT2D eigenvalue weighted by atomic mass is 9.89. The van der Waals surface area contributed by atoms with E-state index in [1.165, 1.54) is 19.3 Å². The van der Waals surface area contributed by atoms with Crippen molar-refractivity contribution in [3.63, 3.8) is 0 Å². The first kappa shape index (κ1) is 23.0. The molecule has 0 bridgehead atoms. The molecule has 1 aliphatic rings. The predicted molar refractivity (Wildman–Crippen MR) is 119 cm³/mol. The second kappa shape index (κ2) is 11.6. The molecule has 5 nitrogen and oxygen atoms in total. The Morgan fingerprint density at radius 1 is 1.25 bits per heavy atom. The Morgan fingerprint density at radius 3 is 2.57 bits per heavy atom. The smallest absolute Gasteiger partial charge is 0.240 e. The normalized spacial score (nSPS) is 16.9. The van der Waals surface area contributed by atoms with Crippen LogP contribution in [0.4, 0.5) is 0 Å². The fourth-order valence-electron chi connectivity index (χ4n) is 3.55. The third kappa shape index (κ3) is 7.97. The molecule has 1 N–H and O–H groups in total. The molecule has 1 aromatic rings. The number of carbonyl (C=O) groups is 1. The van der Waals surface area contributed by atoms with E-state index in [0.717, 1.165) is 29.6 Å². The molecule has 0 aliphatic heterocycles. The first-order valence-corrected chi connectivity index (χ1v) is 12.8. The Bertz CT molecular complexity index is 729. The first-order valence-electron chi connectivity index (χ1n) is 9.90. The molecule has 2 rings (SSSR count). The number of hydrogen-bond donors (Lipinski definition) is 1. The molecular weight excluding hydrogens is 392 g/mol. The lowest BCUT2D eigenvalue weighted by Crippen LogP contribution is -2.48. The van der Waals surface area contributed by atoms with Crippen molar-refractivity contribution in [2.45, 2.75) is 44.6 Å². The Hall–Kier alpha value is -1.31. The van der Waals surface area contributed by atoms with Gasteiger partial charge in [0, 0.05) is 19.0 Å². The number of thioether (sulfide) groups is 1. The van der Waals surface area contributed by atoms with E-state index in [0.29, 0.717) is 18.9 Å². The van der Waals surface area contributed by atoms with Gasteiger partial charge < -0.3 is 4.90 Å². The van der Waals surface area contributed by atoms with Crippen LogP contribution in [0.5, 0.6) is 0 Å². The van der Waals surface area contributed by atoms with Crippen molar-refractivity contribution < 1.29 is 13.2 Å². The van der Waals surface area contributed by atoms with Crippen molar-refractivity contribution in [3.8, 4) is 0 Å². The number of nitrogens with one attached hydrogen (secondary N) is 1. The summed E-state index contributed by atoms with van der Waals surface area (Å²) in [6.45, 7) is 0.705. The summed E-state index contributed by atoms with van der Waals surface area (Å²) in [6, 6.07) is 8.52. The predicted octanol–water partition coefficient (Wildman–Crippen LogP) is 3.74. The molecule has 7 heteroatoms. The van der Waals surface area contributed by atoms with Crippen molar-refractivity contribution in [1.82, 2.24) is 9.62 Å². The maximum absolute atomic E-state index is 12.9. The number of sulfonamides is 1. The number of rotatable bonds is 10. The third-order valence-corrected chi connectivity index (χ3v) is 6.84. The third-order valence-electron chi connectivity index (χ3n) is 5.09. The largest absolute Gasteiger partial charge is 0.344 e. The van der Waals surface area contributed by atoms with Crippen LogP contribution in [0.15, 0.2) is 35.7 Å². The van der Waals surface area contributed by atoms with Crippen LogP contribution < -0.4 is 4.72 Å². The molecule has 156 valence electrons. The molecule has 1 saturated carbocycles. The van der Waals surface area contributed by atoms with Gasteiger partial charge in [0.25, 0.3) is 0 Å². The van der Waals surface area contributed by atoms with Gasteiger partial charge in [0.2, 0.25) is 15.9 Å². The molecule has 1 fully saturated rings. The lowest BCUT2D eigenvalue weighted by molar-refractivity contribution is -0.132. The second-order valence-corrected chi connectivity index (χ2v) is 10.0. The number of benzene rings is 1. The quantitative estimate of drug-likeness (QED) is 0.621. The molecule has 0 aromatic heterocycles. The van der Waals surface area contributed by atoms with E-state index in [4.69, 9.17) is 0 Å². The number of carbonyl (C=O) groups excluding carboxylic acids is 1. The van der Waals surface area contributed by atoms with Gasteiger partial charge >= 0.3 is 0 Å². The average molecular weight is 425 g/mol. The molecule has 0 radical (unpaired) electrons. The van der Waals surface area contributed by atoms with Gasteiger partial charge in [-0.1, -0.05) is 49.6 Å². The van der Waals surface area contributed by atoms with E-state index in [9.17, 15) is 13.2 Å². The lowest BCUT2D eigenvalue weighted by Gasteiger charge is -2.29. The highest BCUT2D eigenvalue weighted by atomic mass is 32.2. The molecule has 0 saturated heterocycles. The Balaban J connectivity index is 2.02. The summed E-state index contributed by atoms with van der Waals surface area (Å²) in [5.74, 6) is 1.10. The zero-order valence-electron chi connectivity index (χ0n) is 16.8. The highest BCUT2D eigenvalue weighted by Gasteiger charge is 2.27. The summed E-state index contributed by atoms with van der Waals surface area (Å²) in [7, 11) is -1.92. The van der Waals surface area contributed by atoms with E-state index in [1.807, 2.05) is 36.6 Å². The minimum atomic E-state index is -3.71. The number of likely N-dealkylation sites (N-methyl/N-ethyl adjacent to an activating group) is 1. The maximum Gasteiger partial charge on any atom is 0.240 e. The average Bonchev–Trinajstić information content (AvgIpc) is 2.70. The number of amides is 1. The molecule has 1 aromatic carbocycles. The number of hydrogen-bond acceptors (Lipinski definition) is 4. The van der Waals surface area contributed by atoms with E-state index in [1.54, 1.807) is 29.8 Å². The molecule has 1 aliphatic carbocycles. The first-order chi connectivity index (χ1) is 13.4. The monoisotopic (exact) mass is 424 g/mol. The van der Waals surface area contributed by atoms with Gasteiger partial charge in [0.1, 0.15) is 6.04 Å². The molecule has 1 amide bonds. The van der Waals surface area contributed by atoms with Crippen molar-refractivity contribution in [1.29, 1.82) is 0 Å². The Labute approximate surface area is 174 Å². The molecule has 1 atom stereocenters. The van der Waals surface area contributed by atoms with Crippen LogP contribution >= 0.6 is 11.8 Å². The second-order valence-electron chi connectivity index (χ2n) is 7.43. The number of nitrogens with zero attached hydrogens (tertiary/aromatic N) is 1. The minimum Gasteiger partial charge on any atom is -0.344 e. The van der Waals surface area contributed by atoms with E-state index in [2.05, 4.69) is 4.72 Å². The zero-order valence-corrected chi connectivity index (χ0v) is 18.5. The van der Waals surface area contributed by atoms with Gasteiger partial charge in [-0.3, -0.25) is 4.79 Å². The maximum atomic E-state index is 12.9. The molecule has 0 unspecified atom stereocenters. The van der Waals surface area contributed by atoms with Crippen LogP contribution in [0.1, 0.15) is 44.1 Å². The topological polar surface area (TPSA) is 66.5 Å². The standard InChI is InChI=1S/C21H32N2O3S2/c1-23(17-19-11-7-4-8-12-19)21(24)20(13-15-27-2)22-28(25,26)16-14-18-9-5-3-6-10-18/h3,5-6,9-10,14,16,19-20,22H,4,7-8,11-13,15,17H2,1-2H3/b16-14-/t20-/m1/s1. The van der Waals surface area contributed by atoms with Gasteiger partial charge in [-0.05, 0) is 48.8 Å². The van der Waals surface area contributed by atoms with E-state index >= 15 is 0 Å². The Kier molecular flexibility index (Phi) is 9.55. The van der Waals surface area contributed by atoms with Gasteiger partial charge in [0.15, 0.2) is 0 Å². The summed E-state index contributed by atoms with van der Waals surface area (Å²) in [4.78, 5) is 14.7. The molecule has 0 heterocycles. The fraction of sp³-hybridized carbons (Fsp3) is 0.571. The van der Waals surface area contributed by atoms with Crippen LogP contribution in [0.25, 0.3) is 6.08 Å². The molecular formula is C21H32N2O3S2. The minimum absolute atomic E-state index is 0.142. The van der Waals surface area contributed by atoms with Crippen molar-refractivity contribution >= 4 is 33.8 Å². The van der Waals surface area contributed by atoms with Gasteiger partial charge in [0.05, 0.1) is 0 Å². The summed E-state index contributed by atoms with van der Waals surface area (Å²) in [6.07, 6.45) is 10.0. The SMILES string of the molecule is CSCC[C@@H](NS(=O)(=O)/C=C\c1ccccc1)C(=O)N(C)CC1CCCCC1.